The van der Waals surface area contributed by atoms with Crippen molar-refractivity contribution in [3.8, 4) is 5.75 Å². The molecule has 2 N–H and O–H groups in total. The molecule has 2 aromatic rings. The van der Waals surface area contributed by atoms with Crippen molar-refractivity contribution in [1.29, 1.82) is 0 Å². The smallest absolute Gasteiger partial charge is 0.191 e. The summed E-state index contributed by atoms with van der Waals surface area (Å²) >= 11 is 0. The third-order valence-corrected chi connectivity index (χ3v) is 4.54. The summed E-state index contributed by atoms with van der Waals surface area (Å²) in [4.78, 5) is 11.1. The van der Waals surface area contributed by atoms with Gasteiger partial charge in [0.2, 0.25) is 0 Å². The van der Waals surface area contributed by atoms with Gasteiger partial charge in [0, 0.05) is 39.4 Å². The maximum Gasteiger partial charge on any atom is 0.191 e. The first-order valence-corrected chi connectivity index (χ1v) is 9.06. The number of pyridine rings is 1. The number of ether oxygens (including phenoxy) is 1. The number of nitrogens with one attached hydrogen (secondary N) is 2. The highest BCUT2D eigenvalue weighted by molar-refractivity contribution is 5.79. The molecule has 0 radical (unpaired) electrons. The van der Waals surface area contributed by atoms with Gasteiger partial charge in [-0.25, -0.2) is 4.98 Å². The molecular weight excluding hydrogens is 326 g/mol. The molecule has 1 saturated heterocycles. The van der Waals surface area contributed by atoms with Crippen molar-refractivity contribution < 1.29 is 4.74 Å². The second kappa shape index (κ2) is 9.08. The number of aromatic nitrogens is 1. The van der Waals surface area contributed by atoms with Gasteiger partial charge in [0.05, 0.1) is 7.11 Å². The van der Waals surface area contributed by atoms with E-state index in [1.807, 2.05) is 36.5 Å². The number of guanidine groups is 1. The number of nitrogens with zero attached hydrogens (tertiary/aromatic N) is 3. The summed E-state index contributed by atoms with van der Waals surface area (Å²) in [5, 5.41) is 6.70. The van der Waals surface area contributed by atoms with Crippen LogP contribution in [0.3, 0.4) is 0 Å². The van der Waals surface area contributed by atoms with Crippen LogP contribution in [0.2, 0.25) is 0 Å². The Morgan fingerprint density at radius 1 is 1.08 bits per heavy atom. The van der Waals surface area contributed by atoms with Crippen LogP contribution in [0.1, 0.15) is 24.0 Å². The molecule has 0 atom stereocenters. The molecule has 1 aromatic heterocycles. The van der Waals surface area contributed by atoms with E-state index < -0.39 is 0 Å². The molecule has 1 aromatic carbocycles. The summed E-state index contributed by atoms with van der Waals surface area (Å²) in [6.07, 6.45) is 4.40. The fraction of sp³-hybridized carbons (Fsp3) is 0.400. The van der Waals surface area contributed by atoms with Crippen molar-refractivity contribution in [1.82, 2.24) is 15.6 Å². The van der Waals surface area contributed by atoms with Gasteiger partial charge in [-0.1, -0.05) is 12.1 Å². The standard InChI is InChI=1S/C20H27N5O/c1-21-20(23-14-16-5-7-18(26-2)8-6-16)24-15-17-9-10-22-19(13-17)25-11-3-4-12-25/h5-10,13H,3-4,11-12,14-15H2,1-2H3,(H2,21,23,24). The Labute approximate surface area is 155 Å². The van der Waals surface area contributed by atoms with Crippen molar-refractivity contribution >= 4 is 11.8 Å². The van der Waals surface area contributed by atoms with Crippen LogP contribution in [0.15, 0.2) is 47.6 Å². The Morgan fingerprint density at radius 3 is 2.42 bits per heavy atom. The van der Waals surface area contributed by atoms with Crippen LogP contribution >= 0.6 is 0 Å². The Balaban J connectivity index is 1.51. The first-order chi connectivity index (χ1) is 12.8. The molecule has 6 nitrogen and oxygen atoms in total. The molecule has 0 aliphatic carbocycles. The second-order valence-corrected chi connectivity index (χ2v) is 6.34. The van der Waals surface area contributed by atoms with E-state index >= 15 is 0 Å². The van der Waals surface area contributed by atoms with Crippen molar-refractivity contribution in [2.75, 3.05) is 32.1 Å². The van der Waals surface area contributed by atoms with E-state index in [4.69, 9.17) is 4.74 Å². The summed E-state index contributed by atoms with van der Waals surface area (Å²) in [5.74, 6) is 2.71. The summed E-state index contributed by atoms with van der Waals surface area (Å²) < 4.78 is 5.18. The van der Waals surface area contributed by atoms with Gasteiger partial charge in [-0.05, 0) is 48.2 Å². The number of methoxy groups -OCH3 is 1. The van der Waals surface area contributed by atoms with Gasteiger partial charge >= 0.3 is 0 Å². The molecule has 2 heterocycles. The van der Waals surface area contributed by atoms with Crippen molar-refractivity contribution in [3.63, 3.8) is 0 Å². The molecule has 0 amide bonds. The van der Waals surface area contributed by atoms with Crippen LogP contribution in [0.25, 0.3) is 0 Å². The lowest BCUT2D eigenvalue weighted by Crippen LogP contribution is -2.36. The summed E-state index contributed by atoms with van der Waals surface area (Å²) in [5.41, 5.74) is 2.38. The van der Waals surface area contributed by atoms with E-state index in [0.29, 0.717) is 13.1 Å². The minimum atomic E-state index is 0.707. The fourth-order valence-electron chi connectivity index (χ4n) is 3.03. The number of benzene rings is 1. The molecule has 138 valence electrons. The average Bonchev–Trinajstić information content (AvgIpc) is 3.24. The first kappa shape index (κ1) is 18.0. The number of hydrogen-bond acceptors (Lipinski definition) is 4. The van der Waals surface area contributed by atoms with Gasteiger partial charge in [0.1, 0.15) is 11.6 Å². The van der Waals surface area contributed by atoms with Crippen molar-refractivity contribution in [2.24, 2.45) is 4.99 Å². The largest absolute Gasteiger partial charge is 0.497 e. The zero-order valence-electron chi connectivity index (χ0n) is 15.5. The number of anilines is 1. The lowest BCUT2D eigenvalue weighted by Gasteiger charge is -2.17. The van der Waals surface area contributed by atoms with Crippen LogP contribution in [0.4, 0.5) is 5.82 Å². The van der Waals surface area contributed by atoms with Gasteiger partial charge in [-0.2, -0.15) is 0 Å². The molecule has 26 heavy (non-hydrogen) atoms. The minimum absolute atomic E-state index is 0.707. The van der Waals surface area contributed by atoms with Crippen LogP contribution in [0, 0.1) is 0 Å². The molecule has 0 unspecified atom stereocenters. The molecule has 3 rings (SSSR count). The Kier molecular flexibility index (Phi) is 6.30. The van der Waals surface area contributed by atoms with Crippen molar-refractivity contribution in [3.05, 3.63) is 53.7 Å². The highest BCUT2D eigenvalue weighted by Crippen LogP contribution is 2.18. The molecule has 1 aliphatic rings. The van der Waals surface area contributed by atoms with E-state index in [9.17, 15) is 0 Å². The third-order valence-electron chi connectivity index (χ3n) is 4.54. The lowest BCUT2D eigenvalue weighted by atomic mass is 10.2. The fourth-order valence-corrected chi connectivity index (χ4v) is 3.03. The molecule has 1 fully saturated rings. The van der Waals surface area contributed by atoms with Gasteiger partial charge in [0.15, 0.2) is 5.96 Å². The van der Waals surface area contributed by atoms with Crippen LogP contribution in [-0.4, -0.2) is 38.2 Å². The highest BCUT2D eigenvalue weighted by atomic mass is 16.5. The first-order valence-electron chi connectivity index (χ1n) is 9.06. The van der Waals surface area contributed by atoms with Crippen LogP contribution in [-0.2, 0) is 13.1 Å². The van der Waals surface area contributed by atoms with E-state index in [0.717, 1.165) is 30.6 Å². The molecule has 6 heteroatoms. The number of hydrogen-bond donors (Lipinski definition) is 2. The Hall–Kier alpha value is -2.76. The summed E-state index contributed by atoms with van der Waals surface area (Å²) in [7, 11) is 3.46. The maximum absolute atomic E-state index is 5.18. The van der Waals surface area contributed by atoms with Crippen molar-refractivity contribution in [2.45, 2.75) is 25.9 Å². The third kappa shape index (κ3) is 4.88. The van der Waals surface area contributed by atoms with E-state index in [1.165, 1.54) is 24.0 Å². The van der Waals surface area contributed by atoms with Crippen LogP contribution < -0.4 is 20.3 Å². The number of aliphatic imine (C=N–C) groups is 1. The predicted molar refractivity (Wildman–Crippen MR) is 106 cm³/mol. The monoisotopic (exact) mass is 353 g/mol. The van der Waals surface area contributed by atoms with Gasteiger partial charge in [0.25, 0.3) is 0 Å². The average molecular weight is 353 g/mol. The molecular formula is C20H27N5O. The van der Waals surface area contributed by atoms with Gasteiger partial charge in [-0.3, -0.25) is 4.99 Å². The number of rotatable bonds is 6. The topological polar surface area (TPSA) is 61.8 Å². The lowest BCUT2D eigenvalue weighted by molar-refractivity contribution is 0.414. The van der Waals surface area contributed by atoms with E-state index in [1.54, 1.807) is 14.2 Å². The molecule has 0 bridgehead atoms. The zero-order valence-corrected chi connectivity index (χ0v) is 15.5. The maximum atomic E-state index is 5.18. The highest BCUT2D eigenvalue weighted by Gasteiger charge is 2.13. The molecule has 0 spiro atoms. The van der Waals surface area contributed by atoms with Crippen LogP contribution in [0.5, 0.6) is 5.75 Å². The summed E-state index contributed by atoms with van der Waals surface area (Å²) in [6.45, 7) is 3.63. The Bertz CT molecular complexity index is 723. The molecule has 1 aliphatic heterocycles. The van der Waals surface area contributed by atoms with Gasteiger partial charge < -0.3 is 20.3 Å². The zero-order chi connectivity index (χ0) is 18.2. The van der Waals surface area contributed by atoms with E-state index in [-0.39, 0.29) is 0 Å². The van der Waals surface area contributed by atoms with E-state index in [2.05, 4.69) is 31.6 Å². The normalized spacial score (nSPS) is 14.4. The molecule has 0 saturated carbocycles. The summed E-state index contributed by atoms with van der Waals surface area (Å²) in [6, 6.07) is 12.2. The minimum Gasteiger partial charge on any atom is -0.497 e. The second-order valence-electron chi connectivity index (χ2n) is 6.34. The Morgan fingerprint density at radius 2 is 1.77 bits per heavy atom. The predicted octanol–water partition coefficient (Wildman–Crippen LogP) is 2.56. The van der Waals surface area contributed by atoms with Gasteiger partial charge in [-0.15, -0.1) is 0 Å². The quantitative estimate of drug-likeness (QED) is 0.617. The SMILES string of the molecule is CN=C(NCc1ccc(OC)cc1)NCc1ccnc(N2CCCC2)c1.